The van der Waals surface area contributed by atoms with E-state index in [-0.39, 0.29) is 11.4 Å². The quantitative estimate of drug-likeness (QED) is 0.561. The van der Waals surface area contributed by atoms with Crippen molar-refractivity contribution in [3.05, 3.63) is 66.1 Å². The van der Waals surface area contributed by atoms with Crippen molar-refractivity contribution in [3.63, 3.8) is 0 Å². The molecule has 2 aromatic heterocycles. The molecule has 2 amide bonds. The van der Waals surface area contributed by atoms with E-state index >= 15 is 0 Å². The Kier molecular flexibility index (Phi) is 6.07. The number of amides is 2. The monoisotopic (exact) mass is 417 g/mol. The molecule has 3 aromatic rings. The van der Waals surface area contributed by atoms with Crippen LogP contribution in [0.5, 0.6) is 0 Å². The molecule has 0 atom stereocenters. The average molecular weight is 418 g/mol. The van der Waals surface area contributed by atoms with Gasteiger partial charge >= 0.3 is 6.03 Å². The lowest BCUT2D eigenvalue weighted by molar-refractivity contribution is 0.251. The standard InChI is InChI=1S/C25H31N5O/c1-25(2,3)19-8-10-20(11-9-19)28-24(31)27-17-21-16-23(18-12-14-26-15-13-18)30(29-21)22-6-4-5-7-22/h8-16,22H,4-7,17H2,1-3H3,(H2,27,28,31). The lowest BCUT2D eigenvalue weighted by Gasteiger charge is -2.19. The van der Waals surface area contributed by atoms with Crippen molar-refractivity contribution in [1.82, 2.24) is 20.1 Å². The molecular formula is C25H31N5O. The smallest absolute Gasteiger partial charge is 0.319 e. The molecule has 1 aliphatic rings. The number of carbonyl (C=O) groups excluding carboxylic acids is 1. The molecule has 2 heterocycles. The lowest BCUT2D eigenvalue weighted by atomic mass is 9.87. The van der Waals surface area contributed by atoms with Crippen LogP contribution in [0.3, 0.4) is 0 Å². The number of hydrogen-bond acceptors (Lipinski definition) is 3. The normalized spacial score (nSPS) is 14.5. The molecule has 1 saturated carbocycles. The first-order valence-corrected chi connectivity index (χ1v) is 11.0. The van der Waals surface area contributed by atoms with Gasteiger partial charge in [-0.05, 0) is 54.2 Å². The van der Waals surface area contributed by atoms with E-state index in [2.05, 4.69) is 59.3 Å². The Bertz CT molecular complexity index is 1010. The fraction of sp³-hybridized carbons (Fsp3) is 0.400. The summed E-state index contributed by atoms with van der Waals surface area (Å²) in [6, 6.07) is 14.3. The van der Waals surface area contributed by atoms with Gasteiger partial charge in [-0.15, -0.1) is 0 Å². The fourth-order valence-corrected chi connectivity index (χ4v) is 4.10. The average Bonchev–Trinajstić information content (AvgIpc) is 3.42. The van der Waals surface area contributed by atoms with Crippen LogP contribution in [0.15, 0.2) is 54.9 Å². The molecule has 0 radical (unpaired) electrons. The van der Waals surface area contributed by atoms with Crippen molar-refractivity contribution in [2.75, 3.05) is 5.32 Å². The molecule has 0 bridgehead atoms. The van der Waals surface area contributed by atoms with Gasteiger partial charge in [-0.1, -0.05) is 45.7 Å². The Hall–Kier alpha value is -3.15. The van der Waals surface area contributed by atoms with Gasteiger partial charge in [0.1, 0.15) is 0 Å². The van der Waals surface area contributed by atoms with Crippen LogP contribution in [0, 0.1) is 0 Å². The van der Waals surface area contributed by atoms with E-state index in [0.29, 0.717) is 12.6 Å². The number of nitrogens with zero attached hydrogens (tertiary/aromatic N) is 3. The Balaban J connectivity index is 1.43. The van der Waals surface area contributed by atoms with E-state index < -0.39 is 0 Å². The molecule has 1 aromatic carbocycles. The van der Waals surface area contributed by atoms with E-state index in [0.717, 1.165) is 35.5 Å². The van der Waals surface area contributed by atoms with Crippen LogP contribution in [0.1, 0.15) is 63.8 Å². The van der Waals surface area contributed by atoms with Gasteiger partial charge < -0.3 is 10.6 Å². The SMILES string of the molecule is CC(C)(C)c1ccc(NC(=O)NCc2cc(-c3ccncc3)n(C3CCCC3)n2)cc1. The van der Waals surface area contributed by atoms with Crippen molar-refractivity contribution >= 4 is 11.7 Å². The Morgan fingerprint density at radius 3 is 2.39 bits per heavy atom. The molecule has 6 nitrogen and oxygen atoms in total. The van der Waals surface area contributed by atoms with Gasteiger partial charge in [-0.2, -0.15) is 5.10 Å². The van der Waals surface area contributed by atoms with Crippen LogP contribution in [0.2, 0.25) is 0 Å². The molecule has 31 heavy (non-hydrogen) atoms. The second-order valence-electron chi connectivity index (χ2n) is 9.27. The van der Waals surface area contributed by atoms with E-state index in [1.165, 1.54) is 18.4 Å². The molecule has 1 fully saturated rings. The van der Waals surface area contributed by atoms with Gasteiger partial charge in [0.25, 0.3) is 0 Å². The molecule has 0 spiro atoms. The molecule has 1 aliphatic carbocycles. The maximum absolute atomic E-state index is 12.4. The zero-order chi connectivity index (χ0) is 21.8. The van der Waals surface area contributed by atoms with Crippen LogP contribution in [0.4, 0.5) is 10.5 Å². The molecule has 2 N–H and O–H groups in total. The van der Waals surface area contributed by atoms with Gasteiger partial charge in [0.05, 0.1) is 24.0 Å². The van der Waals surface area contributed by atoms with Crippen molar-refractivity contribution in [2.24, 2.45) is 0 Å². The van der Waals surface area contributed by atoms with Crippen molar-refractivity contribution in [3.8, 4) is 11.3 Å². The highest BCUT2D eigenvalue weighted by molar-refractivity contribution is 5.89. The molecular weight excluding hydrogens is 386 g/mol. The number of pyridine rings is 1. The number of hydrogen-bond donors (Lipinski definition) is 2. The zero-order valence-electron chi connectivity index (χ0n) is 18.6. The minimum Gasteiger partial charge on any atom is -0.332 e. The van der Waals surface area contributed by atoms with Crippen LogP contribution in [-0.2, 0) is 12.0 Å². The van der Waals surface area contributed by atoms with Gasteiger partial charge in [-0.3, -0.25) is 9.67 Å². The predicted octanol–water partition coefficient (Wildman–Crippen LogP) is 5.68. The number of benzene rings is 1. The minimum atomic E-state index is -0.232. The highest BCUT2D eigenvalue weighted by Gasteiger charge is 2.22. The molecule has 0 saturated heterocycles. The molecule has 4 rings (SSSR count). The number of rotatable bonds is 5. The lowest BCUT2D eigenvalue weighted by Crippen LogP contribution is -2.28. The highest BCUT2D eigenvalue weighted by Crippen LogP contribution is 2.33. The summed E-state index contributed by atoms with van der Waals surface area (Å²) in [5, 5.41) is 10.7. The van der Waals surface area contributed by atoms with Crippen LogP contribution in [-0.4, -0.2) is 20.8 Å². The molecule has 0 unspecified atom stereocenters. The van der Waals surface area contributed by atoms with E-state index in [1.54, 1.807) is 12.4 Å². The van der Waals surface area contributed by atoms with E-state index in [4.69, 9.17) is 5.10 Å². The zero-order valence-corrected chi connectivity index (χ0v) is 18.6. The van der Waals surface area contributed by atoms with Crippen LogP contribution in [0.25, 0.3) is 11.3 Å². The van der Waals surface area contributed by atoms with Crippen LogP contribution >= 0.6 is 0 Å². The summed E-state index contributed by atoms with van der Waals surface area (Å²) in [5.41, 5.74) is 5.15. The summed E-state index contributed by atoms with van der Waals surface area (Å²) in [7, 11) is 0. The summed E-state index contributed by atoms with van der Waals surface area (Å²) in [6.07, 6.45) is 8.39. The summed E-state index contributed by atoms with van der Waals surface area (Å²) in [4.78, 5) is 16.5. The largest absolute Gasteiger partial charge is 0.332 e. The number of urea groups is 1. The molecule has 162 valence electrons. The number of carbonyl (C=O) groups is 1. The first-order chi connectivity index (χ1) is 14.9. The van der Waals surface area contributed by atoms with Gasteiger partial charge in [0, 0.05) is 23.6 Å². The van der Waals surface area contributed by atoms with Crippen LogP contribution < -0.4 is 10.6 Å². The van der Waals surface area contributed by atoms with Crippen molar-refractivity contribution < 1.29 is 4.79 Å². The number of nitrogens with one attached hydrogen (secondary N) is 2. The van der Waals surface area contributed by atoms with E-state index in [9.17, 15) is 4.79 Å². The number of anilines is 1. The van der Waals surface area contributed by atoms with Crippen molar-refractivity contribution in [1.29, 1.82) is 0 Å². The Labute approximate surface area is 184 Å². The van der Waals surface area contributed by atoms with E-state index in [1.807, 2.05) is 24.3 Å². The third-order valence-corrected chi connectivity index (χ3v) is 5.87. The fourth-order valence-electron chi connectivity index (χ4n) is 4.10. The van der Waals surface area contributed by atoms with Gasteiger partial charge in [-0.25, -0.2) is 4.79 Å². The Morgan fingerprint density at radius 2 is 1.74 bits per heavy atom. The topological polar surface area (TPSA) is 71.8 Å². The molecule has 6 heteroatoms. The first kappa shape index (κ1) is 21.1. The maximum atomic E-state index is 12.4. The third-order valence-electron chi connectivity index (χ3n) is 5.87. The van der Waals surface area contributed by atoms with Gasteiger partial charge in [0.2, 0.25) is 0 Å². The van der Waals surface area contributed by atoms with Gasteiger partial charge in [0.15, 0.2) is 0 Å². The number of aromatic nitrogens is 3. The van der Waals surface area contributed by atoms with Crippen molar-refractivity contribution in [2.45, 2.75) is 64.5 Å². The predicted molar refractivity (Wildman–Crippen MR) is 124 cm³/mol. The summed E-state index contributed by atoms with van der Waals surface area (Å²) < 4.78 is 2.14. The Morgan fingerprint density at radius 1 is 1.06 bits per heavy atom. The molecule has 0 aliphatic heterocycles. The minimum absolute atomic E-state index is 0.0887. The highest BCUT2D eigenvalue weighted by atomic mass is 16.2. The maximum Gasteiger partial charge on any atom is 0.319 e. The summed E-state index contributed by atoms with van der Waals surface area (Å²) >= 11 is 0. The second kappa shape index (κ2) is 8.92. The summed E-state index contributed by atoms with van der Waals surface area (Å²) in [6.45, 7) is 6.90. The third kappa shape index (κ3) is 5.13. The summed E-state index contributed by atoms with van der Waals surface area (Å²) in [5.74, 6) is 0. The second-order valence-corrected chi connectivity index (χ2v) is 9.27. The first-order valence-electron chi connectivity index (χ1n) is 11.0.